The van der Waals surface area contributed by atoms with E-state index in [1.54, 1.807) is 18.0 Å². The molecule has 0 saturated heterocycles. The van der Waals surface area contributed by atoms with Crippen LogP contribution in [0.15, 0.2) is 70.1 Å². The Kier molecular flexibility index (Phi) is 5.90. The number of nitrogens with zero attached hydrogens (tertiary/aromatic N) is 1. The van der Waals surface area contributed by atoms with E-state index in [1.807, 2.05) is 30.3 Å². The molecule has 0 saturated carbocycles. The van der Waals surface area contributed by atoms with Crippen LogP contribution in [0.3, 0.4) is 0 Å². The van der Waals surface area contributed by atoms with Crippen LogP contribution in [-0.2, 0) is 16.1 Å². The predicted octanol–water partition coefficient (Wildman–Crippen LogP) is 4.88. The number of hydrogen-bond donors (Lipinski definition) is 0. The van der Waals surface area contributed by atoms with Crippen molar-refractivity contribution in [3.63, 3.8) is 0 Å². The average Bonchev–Trinajstić information content (AvgIpc) is 3.11. The lowest BCUT2D eigenvalue weighted by molar-refractivity contribution is -0.145. The first-order valence-electron chi connectivity index (χ1n) is 8.06. The summed E-state index contributed by atoms with van der Waals surface area (Å²) in [5, 5.41) is 0. The summed E-state index contributed by atoms with van der Waals surface area (Å²) >= 11 is 1.64. The number of ether oxygens (including phenoxy) is 1. The molecule has 3 aromatic rings. The highest BCUT2D eigenvalue weighted by atomic mass is 32.2. The van der Waals surface area contributed by atoms with Gasteiger partial charge < -0.3 is 9.15 Å². The van der Waals surface area contributed by atoms with E-state index in [1.165, 1.54) is 5.56 Å². The van der Waals surface area contributed by atoms with Crippen molar-refractivity contribution in [1.82, 2.24) is 4.98 Å². The molecule has 0 bridgehead atoms. The number of rotatable bonds is 7. The van der Waals surface area contributed by atoms with E-state index < -0.39 is 0 Å². The minimum absolute atomic E-state index is 0.0564. The standard InChI is InChI=1S/C20H19NO3S/c1-15-7-9-17(10-8-15)25-12-11-20(22)23-14-19-21-13-18(24-19)16-5-3-2-4-6-16/h2-10,13H,11-12,14H2,1H3. The Morgan fingerprint density at radius 3 is 2.64 bits per heavy atom. The Morgan fingerprint density at radius 2 is 1.88 bits per heavy atom. The predicted molar refractivity (Wildman–Crippen MR) is 98.3 cm³/mol. The molecular weight excluding hydrogens is 334 g/mol. The topological polar surface area (TPSA) is 52.3 Å². The number of esters is 1. The van der Waals surface area contributed by atoms with Gasteiger partial charge in [-0.15, -0.1) is 11.8 Å². The lowest BCUT2D eigenvalue weighted by atomic mass is 10.2. The van der Waals surface area contributed by atoms with Gasteiger partial charge in [0.1, 0.15) is 0 Å². The number of hydrogen-bond acceptors (Lipinski definition) is 5. The SMILES string of the molecule is Cc1ccc(SCCC(=O)OCc2ncc(-c3ccccc3)o2)cc1. The highest BCUT2D eigenvalue weighted by Crippen LogP contribution is 2.21. The molecule has 0 atom stereocenters. The fourth-order valence-corrected chi connectivity index (χ4v) is 3.05. The van der Waals surface area contributed by atoms with E-state index in [0.29, 0.717) is 23.8 Å². The van der Waals surface area contributed by atoms with Crippen LogP contribution in [0.2, 0.25) is 0 Å². The zero-order valence-corrected chi connectivity index (χ0v) is 14.8. The van der Waals surface area contributed by atoms with Crippen LogP contribution in [-0.4, -0.2) is 16.7 Å². The summed E-state index contributed by atoms with van der Waals surface area (Å²) in [6.07, 6.45) is 2.00. The molecule has 1 heterocycles. The molecule has 1 aromatic heterocycles. The Bertz CT molecular complexity index is 812. The van der Waals surface area contributed by atoms with Crippen LogP contribution in [0, 0.1) is 6.92 Å². The average molecular weight is 353 g/mol. The van der Waals surface area contributed by atoms with Crippen LogP contribution in [0.25, 0.3) is 11.3 Å². The third kappa shape index (κ3) is 5.22. The molecule has 0 amide bonds. The van der Waals surface area contributed by atoms with Crippen molar-refractivity contribution < 1.29 is 13.9 Å². The van der Waals surface area contributed by atoms with Gasteiger partial charge in [-0.05, 0) is 19.1 Å². The van der Waals surface area contributed by atoms with Gasteiger partial charge in [-0.3, -0.25) is 4.79 Å². The summed E-state index contributed by atoms with van der Waals surface area (Å²) in [6.45, 7) is 2.11. The van der Waals surface area contributed by atoms with Gasteiger partial charge in [0.05, 0.1) is 12.6 Å². The second-order valence-electron chi connectivity index (χ2n) is 5.56. The Balaban J connectivity index is 1.42. The van der Waals surface area contributed by atoms with Gasteiger partial charge >= 0.3 is 5.97 Å². The number of benzene rings is 2. The van der Waals surface area contributed by atoms with E-state index in [0.717, 1.165) is 10.5 Å². The van der Waals surface area contributed by atoms with Crippen molar-refractivity contribution in [2.24, 2.45) is 0 Å². The van der Waals surface area contributed by atoms with Crippen molar-refractivity contribution >= 4 is 17.7 Å². The Labute approximate surface area is 151 Å². The Morgan fingerprint density at radius 1 is 1.12 bits per heavy atom. The van der Waals surface area contributed by atoms with Crippen molar-refractivity contribution in [1.29, 1.82) is 0 Å². The molecule has 128 valence electrons. The normalized spacial score (nSPS) is 10.6. The highest BCUT2D eigenvalue weighted by molar-refractivity contribution is 7.99. The molecule has 4 nitrogen and oxygen atoms in total. The smallest absolute Gasteiger partial charge is 0.307 e. The number of carbonyl (C=O) groups is 1. The number of aromatic nitrogens is 1. The molecule has 0 aliphatic carbocycles. The van der Waals surface area contributed by atoms with Crippen LogP contribution < -0.4 is 0 Å². The lowest BCUT2D eigenvalue weighted by Crippen LogP contribution is -2.05. The van der Waals surface area contributed by atoms with E-state index >= 15 is 0 Å². The molecule has 0 N–H and O–H groups in total. The zero-order valence-electron chi connectivity index (χ0n) is 14.0. The largest absolute Gasteiger partial charge is 0.456 e. The zero-order chi connectivity index (χ0) is 17.5. The first-order valence-corrected chi connectivity index (χ1v) is 9.04. The molecule has 0 fully saturated rings. The number of carbonyl (C=O) groups excluding carboxylic acids is 1. The summed E-state index contributed by atoms with van der Waals surface area (Å²) in [4.78, 5) is 17.1. The highest BCUT2D eigenvalue weighted by Gasteiger charge is 2.09. The maximum Gasteiger partial charge on any atom is 0.307 e. The van der Waals surface area contributed by atoms with E-state index in [4.69, 9.17) is 9.15 Å². The van der Waals surface area contributed by atoms with Crippen LogP contribution >= 0.6 is 11.8 Å². The second kappa shape index (κ2) is 8.53. The first kappa shape index (κ1) is 17.3. The quantitative estimate of drug-likeness (QED) is 0.448. The van der Waals surface area contributed by atoms with Gasteiger partial charge in [-0.25, -0.2) is 4.98 Å². The molecule has 0 aliphatic heterocycles. The molecule has 0 unspecified atom stereocenters. The molecule has 2 aromatic carbocycles. The number of thioether (sulfide) groups is 1. The minimum atomic E-state index is -0.251. The van der Waals surface area contributed by atoms with Gasteiger partial charge in [-0.1, -0.05) is 48.0 Å². The van der Waals surface area contributed by atoms with Gasteiger partial charge in [0.25, 0.3) is 0 Å². The summed E-state index contributed by atoms with van der Waals surface area (Å²) in [5.41, 5.74) is 2.17. The van der Waals surface area contributed by atoms with Crippen LogP contribution in [0.4, 0.5) is 0 Å². The van der Waals surface area contributed by atoms with Gasteiger partial charge in [-0.2, -0.15) is 0 Å². The molecule has 3 rings (SSSR count). The van der Waals surface area contributed by atoms with E-state index in [9.17, 15) is 4.79 Å². The van der Waals surface area contributed by atoms with Crippen molar-refractivity contribution in [3.8, 4) is 11.3 Å². The van der Waals surface area contributed by atoms with Crippen LogP contribution in [0.1, 0.15) is 17.9 Å². The Hall–Kier alpha value is -2.53. The monoisotopic (exact) mass is 353 g/mol. The maximum absolute atomic E-state index is 11.8. The fourth-order valence-electron chi connectivity index (χ4n) is 2.21. The van der Waals surface area contributed by atoms with E-state index in [2.05, 4.69) is 36.2 Å². The molecule has 25 heavy (non-hydrogen) atoms. The molecule has 0 spiro atoms. The van der Waals surface area contributed by atoms with Gasteiger partial charge in [0, 0.05) is 16.2 Å². The molecule has 0 radical (unpaired) electrons. The lowest BCUT2D eigenvalue weighted by Gasteiger charge is -2.03. The number of aryl methyl sites for hydroxylation is 1. The number of oxazole rings is 1. The molecule has 0 aliphatic rings. The third-order valence-corrected chi connectivity index (χ3v) is 4.58. The van der Waals surface area contributed by atoms with E-state index in [-0.39, 0.29) is 12.6 Å². The van der Waals surface area contributed by atoms with Gasteiger partial charge in [0.2, 0.25) is 5.89 Å². The maximum atomic E-state index is 11.8. The fraction of sp³-hybridized carbons (Fsp3) is 0.200. The summed E-state index contributed by atoms with van der Waals surface area (Å²) in [5.74, 6) is 1.50. The van der Waals surface area contributed by atoms with Crippen molar-refractivity contribution in [3.05, 3.63) is 72.2 Å². The van der Waals surface area contributed by atoms with Crippen LogP contribution in [0.5, 0.6) is 0 Å². The minimum Gasteiger partial charge on any atom is -0.456 e. The van der Waals surface area contributed by atoms with Crippen molar-refractivity contribution in [2.45, 2.75) is 24.8 Å². The second-order valence-corrected chi connectivity index (χ2v) is 6.72. The van der Waals surface area contributed by atoms with Crippen molar-refractivity contribution in [2.75, 3.05) is 5.75 Å². The molecular formula is C20H19NO3S. The summed E-state index contributed by atoms with van der Waals surface area (Å²) in [6, 6.07) is 17.9. The third-order valence-electron chi connectivity index (χ3n) is 3.56. The summed E-state index contributed by atoms with van der Waals surface area (Å²) in [7, 11) is 0. The first-order chi connectivity index (χ1) is 12.2. The molecule has 5 heteroatoms. The summed E-state index contributed by atoms with van der Waals surface area (Å²) < 4.78 is 10.8. The van der Waals surface area contributed by atoms with Gasteiger partial charge in [0.15, 0.2) is 12.4 Å².